The Hall–Kier alpha value is -3.55. The summed E-state index contributed by atoms with van der Waals surface area (Å²) < 4.78 is 43.5. The lowest BCUT2D eigenvalue weighted by atomic mass is 10.0. The number of carboxylic acid groups (broad SMARTS) is 1. The van der Waals surface area contributed by atoms with E-state index in [1.165, 1.54) is 48.7 Å². The van der Waals surface area contributed by atoms with Crippen LogP contribution < -0.4 is 10.1 Å². The summed E-state index contributed by atoms with van der Waals surface area (Å²) in [4.78, 5) is 15.1. The van der Waals surface area contributed by atoms with Gasteiger partial charge in [0.05, 0.1) is 5.69 Å². The van der Waals surface area contributed by atoms with Crippen molar-refractivity contribution in [2.24, 2.45) is 0 Å². The van der Waals surface area contributed by atoms with Crippen LogP contribution in [0.15, 0.2) is 60.8 Å². The van der Waals surface area contributed by atoms with Crippen LogP contribution in [0.1, 0.15) is 10.4 Å². The van der Waals surface area contributed by atoms with Crippen molar-refractivity contribution < 1.29 is 27.8 Å². The highest BCUT2D eigenvalue weighted by Crippen LogP contribution is 2.29. The van der Waals surface area contributed by atoms with E-state index in [0.717, 1.165) is 0 Å². The molecular weight excluding hydrogens is 361 g/mol. The van der Waals surface area contributed by atoms with E-state index in [1.54, 1.807) is 12.1 Å². The molecular formula is C19H13F3N2O3. The highest BCUT2D eigenvalue weighted by atomic mass is 19.3. The van der Waals surface area contributed by atoms with Gasteiger partial charge >= 0.3 is 12.6 Å². The van der Waals surface area contributed by atoms with E-state index >= 15 is 0 Å². The van der Waals surface area contributed by atoms with Crippen molar-refractivity contribution in [1.82, 2.24) is 4.98 Å². The fourth-order valence-electron chi connectivity index (χ4n) is 2.45. The normalized spacial score (nSPS) is 10.7. The Labute approximate surface area is 152 Å². The van der Waals surface area contributed by atoms with Crippen LogP contribution in [0.5, 0.6) is 5.75 Å². The molecule has 0 unspecified atom stereocenters. The maximum atomic E-state index is 14.5. The van der Waals surface area contributed by atoms with Crippen LogP contribution in [0.2, 0.25) is 0 Å². The average Bonchev–Trinajstić information content (AvgIpc) is 2.63. The van der Waals surface area contributed by atoms with Gasteiger partial charge in [0, 0.05) is 6.20 Å². The molecule has 0 fully saturated rings. The molecule has 0 radical (unpaired) electrons. The van der Waals surface area contributed by atoms with E-state index in [0.29, 0.717) is 11.1 Å². The molecule has 0 amide bonds. The molecule has 3 aromatic rings. The monoisotopic (exact) mass is 374 g/mol. The lowest BCUT2D eigenvalue weighted by Gasteiger charge is -2.11. The summed E-state index contributed by atoms with van der Waals surface area (Å²) >= 11 is 0. The molecule has 0 spiro atoms. The number of alkyl halides is 2. The molecule has 1 heterocycles. The van der Waals surface area contributed by atoms with Crippen molar-refractivity contribution in [3.63, 3.8) is 0 Å². The average molecular weight is 374 g/mol. The van der Waals surface area contributed by atoms with Gasteiger partial charge in [-0.1, -0.05) is 18.2 Å². The van der Waals surface area contributed by atoms with E-state index in [-0.39, 0.29) is 22.8 Å². The fraction of sp³-hybridized carbons (Fsp3) is 0.0526. The van der Waals surface area contributed by atoms with Gasteiger partial charge in [-0.05, 0) is 47.5 Å². The minimum Gasteiger partial charge on any atom is -0.478 e. The number of hydrogen-bond acceptors (Lipinski definition) is 4. The molecule has 0 saturated carbocycles. The first kappa shape index (κ1) is 18.2. The van der Waals surface area contributed by atoms with Crippen LogP contribution in [0.25, 0.3) is 11.1 Å². The number of ether oxygens (including phenoxy) is 1. The molecule has 0 atom stereocenters. The number of carbonyl (C=O) groups is 1. The number of nitrogens with zero attached hydrogens (tertiary/aromatic N) is 1. The van der Waals surface area contributed by atoms with Gasteiger partial charge < -0.3 is 15.2 Å². The number of nitrogens with one attached hydrogen (secondary N) is 1. The highest BCUT2D eigenvalue weighted by Gasteiger charge is 2.13. The van der Waals surface area contributed by atoms with Crippen LogP contribution in [0.3, 0.4) is 0 Å². The van der Waals surface area contributed by atoms with Gasteiger partial charge in [0.2, 0.25) is 0 Å². The van der Waals surface area contributed by atoms with Crippen molar-refractivity contribution >= 4 is 17.5 Å². The Morgan fingerprint density at radius 3 is 2.56 bits per heavy atom. The smallest absolute Gasteiger partial charge is 0.387 e. The fourth-order valence-corrected chi connectivity index (χ4v) is 2.45. The first-order chi connectivity index (χ1) is 12.9. The molecule has 0 saturated heterocycles. The lowest BCUT2D eigenvalue weighted by molar-refractivity contribution is -0.0498. The largest absolute Gasteiger partial charge is 0.478 e. The molecule has 0 aliphatic rings. The predicted molar refractivity (Wildman–Crippen MR) is 92.9 cm³/mol. The summed E-state index contributed by atoms with van der Waals surface area (Å²) in [5, 5.41) is 11.8. The third-order valence-corrected chi connectivity index (χ3v) is 3.65. The van der Waals surface area contributed by atoms with E-state index in [9.17, 15) is 18.0 Å². The van der Waals surface area contributed by atoms with Gasteiger partial charge in [-0.2, -0.15) is 8.78 Å². The van der Waals surface area contributed by atoms with Crippen molar-refractivity contribution in [2.45, 2.75) is 6.61 Å². The quantitative estimate of drug-likeness (QED) is 0.640. The van der Waals surface area contributed by atoms with E-state index < -0.39 is 18.4 Å². The van der Waals surface area contributed by atoms with Crippen LogP contribution in [0.4, 0.5) is 24.7 Å². The summed E-state index contributed by atoms with van der Waals surface area (Å²) in [6, 6.07) is 12.9. The topological polar surface area (TPSA) is 71.5 Å². The number of hydrogen-bond donors (Lipinski definition) is 2. The van der Waals surface area contributed by atoms with Crippen LogP contribution in [0, 0.1) is 5.82 Å². The zero-order valence-electron chi connectivity index (χ0n) is 13.7. The van der Waals surface area contributed by atoms with Crippen LogP contribution >= 0.6 is 0 Å². The highest BCUT2D eigenvalue weighted by molar-refractivity contribution is 5.93. The van der Waals surface area contributed by atoms with Gasteiger partial charge in [-0.25, -0.2) is 14.2 Å². The second-order valence-electron chi connectivity index (χ2n) is 5.43. The Morgan fingerprint density at radius 2 is 1.85 bits per heavy atom. The Morgan fingerprint density at radius 1 is 1.07 bits per heavy atom. The number of aromatic nitrogens is 1. The molecule has 2 N–H and O–H groups in total. The summed E-state index contributed by atoms with van der Waals surface area (Å²) in [6.07, 6.45) is 1.38. The maximum Gasteiger partial charge on any atom is 0.387 e. The molecule has 0 aliphatic carbocycles. The second kappa shape index (κ2) is 7.77. The van der Waals surface area contributed by atoms with E-state index in [1.807, 2.05) is 0 Å². The number of benzene rings is 2. The third kappa shape index (κ3) is 4.35. The number of pyridine rings is 1. The molecule has 1 aromatic heterocycles. The van der Waals surface area contributed by atoms with Crippen molar-refractivity contribution in [2.75, 3.05) is 5.32 Å². The van der Waals surface area contributed by atoms with Crippen molar-refractivity contribution in [3.05, 3.63) is 72.2 Å². The summed E-state index contributed by atoms with van der Waals surface area (Å²) in [5.74, 6) is -1.89. The number of halogens is 3. The van der Waals surface area contributed by atoms with Gasteiger partial charge in [-0.3, -0.25) is 0 Å². The van der Waals surface area contributed by atoms with Crippen molar-refractivity contribution in [1.29, 1.82) is 0 Å². The summed E-state index contributed by atoms with van der Waals surface area (Å²) in [7, 11) is 0. The summed E-state index contributed by atoms with van der Waals surface area (Å²) in [5.41, 5.74) is 0.859. The molecule has 3 rings (SSSR count). The second-order valence-corrected chi connectivity index (χ2v) is 5.43. The standard InChI is InChI=1S/C19H13F3N2O3/c20-15-10-12(11-3-1-4-13(9-11)27-19(21)22)6-7-16(15)24-17-14(18(25)26)5-2-8-23-17/h1-10,19H,(H,23,24)(H,25,26). The van der Waals surface area contributed by atoms with Crippen molar-refractivity contribution in [3.8, 4) is 16.9 Å². The molecule has 27 heavy (non-hydrogen) atoms. The first-order valence-electron chi connectivity index (χ1n) is 7.74. The van der Waals surface area contributed by atoms with E-state index in [2.05, 4.69) is 15.0 Å². The summed E-state index contributed by atoms with van der Waals surface area (Å²) in [6.45, 7) is -2.95. The number of anilines is 2. The molecule has 0 bridgehead atoms. The van der Waals surface area contributed by atoms with Gasteiger partial charge in [0.15, 0.2) is 0 Å². The van der Waals surface area contributed by atoms with E-state index in [4.69, 9.17) is 5.11 Å². The number of aromatic carboxylic acids is 1. The zero-order chi connectivity index (χ0) is 19.4. The Bertz CT molecular complexity index is 980. The van der Waals surface area contributed by atoms with Gasteiger partial charge in [0.1, 0.15) is 22.9 Å². The Balaban J connectivity index is 1.88. The Kier molecular flexibility index (Phi) is 5.25. The third-order valence-electron chi connectivity index (χ3n) is 3.65. The minimum atomic E-state index is -2.95. The number of rotatable bonds is 6. The SMILES string of the molecule is O=C(O)c1cccnc1Nc1ccc(-c2cccc(OC(F)F)c2)cc1F. The minimum absolute atomic E-state index is 0.00369. The predicted octanol–water partition coefficient (Wildman–Crippen LogP) is 4.93. The molecule has 0 aliphatic heterocycles. The molecule has 8 heteroatoms. The lowest BCUT2D eigenvalue weighted by Crippen LogP contribution is -2.05. The van der Waals surface area contributed by atoms with Crippen LogP contribution in [-0.4, -0.2) is 22.7 Å². The van der Waals surface area contributed by atoms with Crippen LogP contribution in [-0.2, 0) is 0 Å². The van der Waals surface area contributed by atoms with Gasteiger partial charge in [0.25, 0.3) is 0 Å². The van der Waals surface area contributed by atoms with Gasteiger partial charge in [-0.15, -0.1) is 0 Å². The first-order valence-corrected chi connectivity index (χ1v) is 7.74. The maximum absolute atomic E-state index is 14.5. The molecule has 2 aromatic carbocycles. The molecule has 5 nitrogen and oxygen atoms in total. The zero-order valence-corrected chi connectivity index (χ0v) is 13.7. The molecule has 138 valence electrons. The number of carboxylic acids is 1.